The fourth-order valence-electron chi connectivity index (χ4n) is 2.56. The Hall–Kier alpha value is -2.68. The highest BCUT2D eigenvalue weighted by Gasteiger charge is 2.13. The Balaban J connectivity index is 1.60. The molecular weight excluding hydrogens is 284 g/mol. The van der Waals surface area contributed by atoms with E-state index in [4.69, 9.17) is 0 Å². The van der Waals surface area contributed by atoms with Crippen molar-refractivity contribution < 1.29 is 4.79 Å². The summed E-state index contributed by atoms with van der Waals surface area (Å²) in [7, 11) is 0. The summed E-state index contributed by atoms with van der Waals surface area (Å²) >= 11 is 0. The lowest BCUT2D eigenvalue weighted by Crippen LogP contribution is -2.21. The van der Waals surface area contributed by atoms with E-state index in [-0.39, 0.29) is 11.8 Å². The molecule has 1 aromatic heterocycles. The molecule has 0 saturated carbocycles. The number of nitrogens with one attached hydrogen (secondary N) is 1. The summed E-state index contributed by atoms with van der Waals surface area (Å²) in [5, 5.41) is 4.00. The van der Waals surface area contributed by atoms with Gasteiger partial charge in [-0.3, -0.25) is 9.78 Å². The highest BCUT2D eigenvalue weighted by Crippen LogP contribution is 2.17. The number of anilines is 1. The minimum Gasteiger partial charge on any atom is -0.324 e. The van der Waals surface area contributed by atoms with Gasteiger partial charge in [0.1, 0.15) is 0 Å². The Morgan fingerprint density at radius 2 is 1.83 bits per heavy atom. The predicted octanol–water partition coefficient (Wildman–Crippen LogP) is 4.44. The average molecular weight is 304 g/mol. The molecule has 0 aliphatic rings. The van der Waals surface area contributed by atoms with Crippen molar-refractivity contribution in [3.05, 3.63) is 72.4 Å². The highest BCUT2D eigenvalue weighted by atomic mass is 16.1. The van der Waals surface area contributed by atoms with Crippen LogP contribution in [-0.2, 0) is 11.2 Å². The summed E-state index contributed by atoms with van der Waals surface area (Å²) in [5.74, 6) is -0.000288. The minimum atomic E-state index is -0.0401. The molecule has 0 spiro atoms. The quantitative estimate of drug-likeness (QED) is 0.757. The van der Waals surface area contributed by atoms with Crippen molar-refractivity contribution in [3.8, 4) is 0 Å². The third-order valence-corrected chi connectivity index (χ3v) is 4.01. The van der Waals surface area contributed by atoms with Gasteiger partial charge in [-0.25, -0.2) is 0 Å². The van der Waals surface area contributed by atoms with E-state index in [9.17, 15) is 4.79 Å². The van der Waals surface area contributed by atoms with Crippen LogP contribution < -0.4 is 5.32 Å². The second-order valence-electron chi connectivity index (χ2n) is 5.83. The van der Waals surface area contributed by atoms with Gasteiger partial charge >= 0.3 is 0 Å². The van der Waals surface area contributed by atoms with Gasteiger partial charge in [-0.1, -0.05) is 55.5 Å². The standard InChI is InChI=1S/C20H20N2O/c1-15(11-12-16-7-3-2-4-8-16)20(23)22-18-13-17-9-5-6-10-19(17)21-14-18/h2-10,13-15H,11-12H2,1H3,(H,22,23). The summed E-state index contributed by atoms with van der Waals surface area (Å²) in [6.07, 6.45) is 3.45. The molecule has 116 valence electrons. The van der Waals surface area contributed by atoms with Gasteiger partial charge in [0.25, 0.3) is 0 Å². The molecule has 1 heterocycles. The van der Waals surface area contributed by atoms with Crippen LogP contribution in [0, 0.1) is 5.92 Å². The van der Waals surface area contributed by atoms with Crippen LogP contribution in [0.4, 0.5) is 5.69 Å². The number of aromatic nitrogens is 1. The average Bonchev–Trinajstić information content (AvgIpc) is 2.60. The Labute approximate surface area is 136 Å². The van der Waals surface area contributed by atoms with Gasteiger partial charge in [0.05, 0.1) is 17.4 Å². The number of nitrogens with zero attached hydrogens (tertiary/aromatic N) is 1. The van der Waals surface area contributed by atoms with Crippen molar-refractivity contribution in [2.24, 2.45) is 5.92 Å². The number of carbonyl (C=O) groups is 1. The molecule has 0 radical (unpaired) electrons. The van der Waals surface area contributed by atoms with Crippen LogP contribution in [0.3, 0.4) is 0 Å². The fourth-order valence-corrected chi connectivity index (χ4v) is 2.56. The van der Waals surface area contributed by atoms with Crippen molar-refractivity contribution in [2.75, 3.05) is 5.32 Å². The number of fused-ring (bicyclic) bond motifs is 1. The van der Waals surface area contributed by atoms with Crippen molar-refractivity contribution in [3.63, 3.8) is 0 Å². The largest absolute Gasteiger partial charge is 0.324 e. The number of hydrogen-bond acceptors (Lipinski definition) is 2. The molecule has 3 nitrogen and oxygen atoms in total. The molecule has 0 fully saturated rings. The zero-order valence-corrected chi connectivity index (χ0v) is 13.2. The summed E-state index contributed by atoms with van der Waals surface area (Å²) < 4.78 is 0. The van der Waals surface area contributed by atoms with Crippen LogP contribution in [0.5, 0.6) is 0 Å². The van der Waals surface area contributed by atoms with Crippen molar-refractivity contribution in [1.82, 2.24) is 4.98 Å². The monoisotopic (exact) mass is 304 g/mol. The lowest BCUT2D eigenvalue weighted by Gasteiger charge is -2.12. The molecule has 0 saturated heterocycles. The molecule has 23 heavy (non-hydrogen) atoms. The normalized spacial score (nSPS) is 12.0. The molecule has 1 amide bonds. The number of carbonyl (C=O) groups excluding carboxylic acids is 1. The molecule has 3 heteroatoms. The summed E-state index contributed by atoms with van der Waals surface area (Å²) in [4.78, 5) is 16.7. The zero-order valence-electron chi connectivity index (χ0n) is 13.2. The fraction of sp³-hybridized carbons (Fsp3) is 0.200. The van der Waals surface area contributed by atoms with E-state index < -0.39 is 0 Å². The molecule has 1 N–H and O–H groups in total. The molecule has 1 atom stereocenters. The van der Waals surface area contributed by atoms with Crippen LogP contribution in [-0.4, -0.2) is 10.9 Å². The Bertz CT molecular complexity index is 799. The van der Waals surface area contributed by atoms with E-state index in [1.165, 1.54) is 5.56 Å². The van der Waals surface area contributed by atoms with E-state index in [2.05, 4.69) is 22.4 Å². The van der Waals surface area contributed by atoms with E-state index in [1.54, 1.807) is 6.20 Å². The number of amides is 1. The molecule has 3 rings (SSSR count). The van der Waals surface area contributed by atoms with Gasteiger partial charge in [0.2, 0.25) is 5.91 Å². The van der Waals surface area contributed by atoms with Crippen LogP contribution in [0.15, 0.2) is 66.9 Å². The van der Waals surface area contributed by atoms with Gasteiger partial charge in [-0.05, 0) is 30.5 Å². The summed E-state index contributed by atoms with van der Waals surface area (Å²) in [6, 6.07) is 20.1. The predicted molar refractivity (Wildman–Crippen MR) is 94.3 cm³/mol. The van der Waals surface area contributed by atoms with Crippen molar-refractivity contribution >= 4 is 22.5 Å². The first-order chi connectivity index (χ1) is 11.2. The maximum atomic E-state index is 12.3. The third kappa shape index (κ3) is 3.95. The lowest BCUT2D eigenvalue weighted by atomic mass is 10.0. The molecule has 2 aromatic carbocycles. The lowest BCUT2D eigenvalue weighted by molar-refractivity contribution is -0.119. The number of benzene rings is 2. The van der Waals surface area contributed by atoms with Crippen LogP contribution in [0.2, 0.25) is 0 Å². The van der Waals surface area contributed by atoms with Gasteiger partial charge < -0.3 is 5.32 Å². The Morgan fingerprint density at radius 3 is 2.65 bits per heavy atom. The second-order valence-corrected chi connectivity index (χ2v) is 5.83. The zero-order chi connectivity index (χ0) is 16.1. The Morgan fingerprint density at radius 1 is 1.09 bits per heavy atom. The minimum absolute atomic E-state index is 0.0398. The number of rotatable bonds is 5. The maximum absolute atomic E-state index is 12.3. The molecule has 1 unspecified atom stereocenters. The van der Waals surface area contributed by atoms with E-state index in [1.807, 2.05) is 55.5 Å². The third-order valence-electron chi connectivity index (χ3n) is 4.01. The number of aryl methyl sites for hydroxylation is 1. The van der Waals surface area contributed by atoms with E-state index in [0.717, 1.165) is 29.4 Å². The van der Waals surface area contributed by atoms with Crippen molar-refractivity contribution in [1.29, 1.82) is 0 Å². The van der Waals surface area contributed by atoms with Gasteiger partial charge in [0.15, 0.2) is 0 Å². The smallest absolute Gasteiger partial charge is 0.227 e. The van der Waals surface area contributed by atoms with Gasteiger partial charge in [-0.15, -0.1) is 0 Å². The molecule has 0 bridgehead atoms. The number of para-hydroxylation sites is 1. The summed E-state index contributed by atoms with van der Waals surface area (Å²) in [5.41, 5.74) is 2.95. The van der Waals surface area contributed by atoms with Gasteiger partial charge in [-0.2, -0.15) is 0 Å². The second kappa shape index (κ2) is 7.05. The number of hydrogen-bond donors (Lipinski definition) is 1. The van der Waals surface area contributed by atoms with Crippen LogP contribution >= 0.6 is 0 Å². The first-order valence-corrected chi connectivity index (χ1v) is 7.92. The topological polar surface area (TPSA) is 42.0 Å². The molecule has 3 aromatic rings. The SMILES string of the molecule is CC(CCc1ccccc1)C(=O)Nc1cnc2ccccc2c1. The summed E-state index contributed by atoms with van der Waals surface area (Å²) in [6.45, 7) is 1.97. The first-order valence-electron chi connectivity index (χ1n) is 7.92. The Kier molecular flexibility index (Phi) is 4.67. The number of pyridine rings is 1. The van der Waals surface area contributed by atoms with Gasteiger partial charge in [0, 0.05) is 11.3 Å². The molecule has 0 aliphatic heterocycles. The first kappa shape index (κ1) is 15.2. The van der Waals surface area contributed by atoms with Crippen LogP contribution in [0.1, 0.15) is 18.9 Å². The molecular formula is C20H20N2O. The van der Waals surface area contributed by atoms with E-state index >= 15 is 0 Å². The highest BCUT2D eigenvalue weighted by molar-refractivity contribution is 5.94. The van der Waals surface area contributed by atoms with Crippen molar-refractivity contribution in [2.45, 2.75) is 19.8 Å². The maximum Gasteiger partial charge on any atom is 0.227 e. The van der Waals surface area contributed by atoms with E-state index in [0.29, 0.717) is 0 Å². The van der Waals surface area contributed by atoms with Crippen LogP contribution in [0.25, 0.3) is 10.9 Å². The molecule has 0 aliphatic carbocycles.